The van der Waals surface area contributed by atoms with Crippen LogP contribution in [0.4, 0.5) is 8.78 Å². The molecule has 0 saturated carbocycles. The number of aromatic nitrogens is 3. The summed E-state index contributed by atoms with van der Waals surface area (Å²) >= 11 is 5.09. The number of hydrogen-bond donors (Lipinski definition) is 1. The normalized spacial score (nSPS) is 12.3. The Morgan fingerprint density at radius 3 is 2.72 bits per heavy atom. The van der Waals surface area contributed by atoms with E-state index in [1.165, 1.54) is 19.9 Å². The smallest absolute Gasteiger partial charge is 0.364 e. The average molecular weight is 373 g/mol. The molecule has 1 N–H and O–H groups in total. The van der Waals surface area contributed by atoms with Gasteiger partial charge in [-0.05, 0) is 38.4 Å². The summed E-state index contributed by atoms with van der Waals surface area (Å²) in [5.74, 6) is -1.30. The van der Waals surface area contributed by atoms with Crippen molar-refractivity contribution in [3.05, 3.63) is 41.0 Å². The Kier molecular flexibility index (Phi) is 5.36. The lowest BCUT2D eigenvalue weighted by atomic mass is 10.3. The molecule has 0 saturated heterocycles. The third kappa shape index (κ3) is 4.50. The van der Waals surface area contributed by atoms with Gasteiger partial charge in [-0.25, -0.2) is 14.3 Å². The number of nitrogens with one attached hydrogen (secondary N) is 1. The number of rotatable bonds is 5. The van der Waals surface area contributed by atoms with Gasteiger partial charge in [0.05, 0.1) is 6.61 Å². The van der Waals surface area contributed by atoms with Crippen molar-refractivity contribution in [1.82, 2.24) is 19.9 Å². The van der Waals surface area contributed by atoms with Gasteiger partial charge in [0.2, 0.25) is 0 Å². The SMILES string of the molecule is CCOC(=O)/C=C(\C)NC(=O)c1cc2nc(C)cc(C(F)(F)Cl)n2n1. The van der Waals surface area contributed by atoms with Crippen LogP contribution in [0.3, 0.4) is 0 Å². The maximum atomic E-state index is 13.5. The maximum absolute atomic E-state index is 13.5. The summed E-state index contributed by atoms with van der Waals surface area (Å²) in [6, 6.07) is 2.33. The molecule has 0 fully saturated rings. The molecule has 0 aliphatic carbocycles. The Balaban J connectivity index is 2.33. The Morgan fingerprint density at radius 2 is 2.12 bits per heavy atom. The topological polar surface area (TPSA) is 85.6 Å². The quantitative estimate of drug-likeness (QED) is 0.495. The highest BCUT2D eigenvalue weighted by molar-refractivity contribution is 6.21. The number of hydrogen-bond acceptors (Lipinski definition) is 5. The van der Waals surface area contributed by atoms with Gasteiger partial charge in [-0.1, -0.05) is 0 Å². The van der Waals surface area contributed by atoms with E-state index in [0.717, 1.165) is 16.7 Å². The largest absolute Gasteiger partial charge is 0.463 e. The summed E-state index contributed by atoms with van der Waals surface area (Å²) < 4.78 is 32.6. The summed E-state index contributed by atoms with van der Waals surface area (Å²) in [5, 5.41) is 2.56. The van der Waals surface area contributed by atoms with E-state index in [1.54, 1.807) is 6.92 Å². The second kappa shape index (κ2) is 7.14. The van der Waals surface area contributed by atoms with E-state index >= 15 is 0 Å². The minimum absolute atomic E-state index is 0.0486. The summed E-state index contributed by atoms with van der Waals surface area (Å²) in [5.41, 5.74) is -0.195. The lowest BCUT2D eigenvalue weighted by Gasteiger charge is -2.10. The van der Waals surface area contributed by atoms with Gasteiger partial charge in [-0.15, -0.1) is 0 Å². The van der Waals surface area contributed by atoms with Crippen molar-refractivity contribution in [2.24, 2.45) is 0 Å². The minimum Gasteiger partial charge on any atom is -0.463 e. The van der Waals surface area contributed by atoms with Crippen LogP contribution in [0, 0.1) is 6.92 Å². The zero-order valence-electron chi connectivity index (χ0n) is 13.6. The number of allylic oxidation sites excluding steroid dienone is 1. The van der Waals surface area contributed by atoms with Crippen LogP contribution in [-0.4, -0.2) is 33.1 Å². The molecule has 2 aromatic heterocycles. The average Bonchev–Trinajstić information content (AvgIpc) is 2.88. The van der Waals surface area contributed by atoms with Crippen LogP contribution in [-0.2, 0) is 14.9 Å². The predicted octanol–water partition coefficient (Wildman–Crippen LogP) is 2.52. The standard InChI is InChI=1S/C15H15ClF2N4O3/c1-4-25-13(23)6-9(3)20-14(24)10-7-12-19-8(2)5-11(15(16,17)18)22(12)21-10/h5-7H,4H2,1-3H3,(H,20,24)/b9-6+. The van der Waals surface area contributed by atoms with Gasteiger partial charge in [0, 0.05) is 23.5 Å². The van der Waals surface area contributed by atoms with Gasteiger partial charge in [-0.2, -0.15) is 13.9 Å². The zero-order valence-corrected chi connectivity index (χ0v) is 14.4. The number of halogens is 3. The molecule has 0 atom stereocenters. The number of nitrogens with zero attached hydrogens (tertiary/aromatic N) is 3. The molecule has 0 aliphatic heterocycles. The van der Waals surface area contributed by atoms with E-state index in [2.05, 4.69) is 15.4 Å². The van der Waals surface area contributed by atoms with Gasteiger partial charge in [0.25, 0.3) is 5.91 Å². The number of fused-ring (bicyclic) bond motifs is 1. The van der Waals surface area contributed by atoms with Gasteiger partial charge >= 0.3 is 11.4 Å². The third-order valence-corrected chi connectivity index (χ3v) is 3.20. The summed E-state index contributed by atoms with van der Waals surface area (Å²) in [6.45, 7) is 4.84. The molecular weight excluding hydrogens is 358 g/mol. The molecule has 0 aliphatic rings. The Bertz CT molecular complexity index is 858. The first kappa shape index (κ1) is 18.8. The molecule has 1 amide bonds. The Morgan fingerprint density at radius 1 is 1.44 bits per heavy atom. The van der Waals surface area contributed by atoms with Gasteiger partial charge in [0.1, 0.15) is 5.69 Å². The number of amides is 1. The number of aryl methyl sites for hydroxylation is 1. The van der Waals surface area contributed by atoms with Crippen LogP contribution in [0.1, 0.15) is 35.7 Å². The molecule has 0 aromatic carbocycles. The van der Waals surface area contributed by atoms with Crippen LogP contribution in [0.2, 0.25) is 0 Å². The van der Waals surface area contributed by atoms with E-state index < -0.39 is 23.0 Å². The highest BCUT2D eigenvalue weighted by Crippen LogP contribution is 2.32. The highest BCUT2D eigenvalue weighted by Gasteiger charge is 2.32. The van der Waals surface area contributed by atoms with E-state index in [-0.39, 0.29) is 23.6 Å². The fraction of sp³-hybridized carbons (Fsp3) is 0.333. The Labute approximate surface area is 146 Å². The molecular formula is C15H15ClF2N4O3. The molecule has 0 bridgehead atoms. The number of carbonyl (C=O) groups is 2. The van der Waals surface area contributed by atoms with Gasteiger partial charge in [-0.3, -0.25) is 4.79 Å². The molecule has 2 aromatic rings. The molecule has 0 radical (unpaired) electrons. The van der Waals surface area contributed by atoms with E-state index in [4.69, 9.17) is 16.3 Å². The summed E-state index contributed by atoms with van der Waals surface area (Å²) in [6.07, 6.45) is 1.10. The predicted molar refractivity (Wildman–Crippen MR) is 85.3 cm³/mol. The van der Waals surface area contributed by atoms with E-state index in [1.807, 2.05) is 0 Å². The van der Waals surface area contributed by atoms with Crippen molar-refractivity contribution < 1.29 is 23.1 Å². The van der Waals surface area contributed by atoms with Crippen LogP contribution in [0.5, 0.6) is 0 Å². The lowest BCUT2D eigenvalue weighted by molar-refractivity contribution is -0.137. The van der Waals surface area contributed by atoms with Crippen molar-refractivity contribution in [2.45, 2.75) is 26.2 Å². The van der Waals surface area contributed by atoms with Gasteiger partial charge < -0.3 is 10.1 Å². The number of alkyl halides is 3. The van der Waals surface area contributed by atoms with Crippen molar-refractivity contribution in [3.63, 3.8) is 0 Å². The monoisotopic (exact) mass is 372 g/mol. The summed E-state index contributed by atoms with van der Waals surface area (Å²) in [7, 11) is 0. The van der Waals surface area contributed by atoms with E-state index in [0.29, 0.717) is 5.69 Å². The van der Waals surface area contributed by atoms with Crippen LogP contribution in [0.15, 0.2) is 23.9 Å². The first-order valence-electron chi connectivity index (χ1n) is 7.23. The molecule has 2 heterocycles. The lowest BCUT2D eigenvalue weighted by Crippen LogP contribution is -2.23. The van der Waals surface area contributed by atoms with Gasteiger partial charge in [0.15, 0.2) is 11.3 Å². The molecule has 25 heavy (non-hydrogen) atoms. The molecule has 2 rings (SSSR count). The summed E-state index contributed by atoms with van der Waals surface area (Å²) in [4.78, 5) is 27.6. The fourth-order valence-electron chi connectivity index (χ4n) is 2.05. The maximum Gasteiger partial charge on any atom is 0.364 e. The number of ether oxygens (including phenoxy) is 1. The second-order valence-corrected chi connectivity index (χ2v) is 5.59. The van der Waals surface area contributed by atoms with Crippen molar-refractivity contribution in [2.75, 3.05) is 6.61 Å². The first-order valence-corrected chi connectivity index (χ1v) is 7.60. The Hall–Kier alpha value is -2.55. The molecule has 7 nitrogen and oxygen atoms in total. The minimum atomic E-state index is -3.68. The zero-order chi connectivity index (χ0) is 18.8. The molecule has 10 heteroatoms. The number of esters is 1. The van der Waals surface area contributed by atoms with Crippen LogP contribution >= 0.6 is 11.6 Å². The van der Waals surface area contributed by atoms with Crippen molar-refractivity contribution >= 4 is 29.1 Å². The molecule has 0 unspecified atom stereocenters. The van der Waals surface area contributed by atoms with Crippen LogP contribution < -0.4 is 5.32 Å². The fourth-order valence-corrected chi connectivity index (χ4v) is 2.19. The third-order valence-electron chi connectivity index (χ3n) is 3.01. The molecule has 134 valence electrons. The second-order valence-electron chi connectivity index (χ2n) is 5.11. The number of carbonyl (C=O) groups excluding carboxylic acids is 2. The first-order chi connectivity index (χ1) is 11.6. The van der Waals surface area contributed by atoms with E-state index in [9.17, 15) is 18.4 Å². The van der Waals surface area contributed by atoms with Crippen molar-refractivity contribution in [3.8, 4) is 0 Å². The van der Waals surface area contributed by atoms with Crippen molar-refractivity contribution in [1.29, 1.82) is 0 Å². The highest BCUT2D eigenvalue weighted by atomic mass is 35.5. The molecule has 0 spiro atoms. The van der Waals surface area contributed by atoms with Crippen LogP contribution in [0.25, 0.3) is 5.65 Å².